The van der Waals surface area contributed by atoms with Gasteiger partial charge in [-0.3, -0.25) is 9.69 Å². The van der Waals surface area contributed by atoms with Gasteiger partial charge in [0.2, 0.25) is 6.17 Å². The summed E-state index contributed by atoms with van der Waals surface area (Å²) in [5.41, 5.74) is 2.84. The van der Waals surface area contributed by atoms with Crippen LogP contribution in [0.25, 0.3) is 0 Å². The van der Waals surface area contributed by atoms with Crippen molar-refractivity contribution in [1.29, 1.82) is 0 Å². The fraction of sp³-hybridized carbons (Fsp3) is 0.182. The molecule has 1 amide bonds. The Bertz CT molecular complexity index is 969. The van der Waals surface area contributed by atoms with Crippen LogP contribution in [-0.4, -0.2) is 23.2 Å². The monoisotopic (exact) mass is 394 g/mol. The summed E-state index contributed by atoms with van der Waals surface area (Å²) in [5.74, 6) is 0.699. The summed E-state index contributed by atoms with van der Waals surface area (Å²) in [4.78, 5) is 13.9. The third kappa shape index (κ3) is 3.86. The molecule has 4 rings (SSSR count). The lowest BCUT2D eigenvalue weighted by Crippen LogP contribution is -3.09. The number of hydrogen-bond acceptors (Lipinski definition) is 3. The molecule has 1 aromatic heterocycles. The summed E-state index contributed by atoms with van der Waals surface area (Å²) >= 11 is 5.98. The summed E-state index contributed by atoms with van der Waals surface area (Å²) in [5, 5.41) is 6.89. The predicted molar refractivity (Wildman–Crippen MR) is 108 cm³/mol. The second kappa shape index (κ2) is 8.00. The van der Waals surface area contributed by atoms with Crippen LogP contribution in [0.4, 0.5) is 0 Å². The highest BCUT2D eigenvalue weighted by molar-refractivity contribution is 6.30. The van der Waals surface area contributed by atoms with Crippen molar-refractivity contribution in [3.63, 3.8) is 0 Å². The van der Waals surface area contributed by atoms with Gasteiger partial charge in [-0.25, -0.2) is 0 Å². The first-order valence-electron chi connectivity index (χ1n) is 9.17. The van der Waals surface area contributed by atoms with Gasteiger partial charge in [-0.15, -0.1) is 0 Å². The van der Waals surface area contributed by atoms with Crippen LogP contribution in [0, 0.1) is 0 Å². The van der Waals surface area contributed by atoms with E-state index in [9.17, 15) is 4.79 Å². The number of halogens is 1. The summed E-state index contributed by atoms with van der Waals surface area (Å²) in [6.07, 6.45) is 1.33. The first-order valence-corrected chi connectivity index (χ1v) is 9.55. The highest BCUT2D eigenvalue weighted by Crippen LogP contribution is 2.21. The van der Waals surface area contributed by atoms with Gasteiger partial charge in [0, 0.05) is 10.6 Å². The number of hydrogen-bond donors (Lipinski definition) is 1. The predicted octanol–water partition coefficient (Wildman–Crippen LogP) is 3.28. The summed E-state index contributed by atoms with van der Waals surface area (Å²) < 4.78 is 5.67. The van der Waals surface area contributed by atoms with Gasteiger partial charge in [-0.05, 0) is 36.8 Å². The normalized spacial score (nSPS) is 20.0. The van der Waals surface area contributed by atoms with E-state index in [4.69, 9.17) is 16.0 Å². The molecule has 3 aromatic rings. The van der Waals surface area contributed by atoms with Gasteiger partial charge < -0.3 is 4.42 Å². The molecule has 0 saturated carbocycles. The average molecular weight is 395 g/mol. The number of carbonyl (C=O) groups excluding carboxylic acids is 1. The smallest absolute Gasteiger partial charge is 0.303 e. The van der Waals surface area contributed by atoms with E-state index in [1.165, 1.54) is 5.56 Å². The largest absolute Gasteiger partial charge is 0.461 e. The van der Waals surface area contributed by atoms with Crippen LogP contribution in [0.2, 0.25) is 5.02 Å². The van der Waals surface area contributed by atoms with E-state index >= 15 is 0 Å². The van der Waals surface area contributed by atoms with Gasteiger partial charge in [0.15, 0.2) is 12.3 Å². The molecule has 1 aliphatic heterocycles. The van der Waals surface area contributed by atoms with E-state index in [0.717, 1.165) is 21.9 Å². The standard InChI is InChI=1S/C22H20ClN3O2/c1-16(18-9-11-19(23)12-10-18)24-26-21(27)15-25(14-17-6-3-2-4-7-17)22(26)20-8-5-13-28-20/h2-13,22H,14-15H2,1H3/p+1/b24-16-/t22-/m0/s1. The molecule has 6 heteroatoms. The zero-order valence-corrected chi connectivity index (χ0v) is 16.3. The van der Waals surface area contributed by atoms with Crippen LogP contribution < -0.4 is 4.90 Å². The molecule has 1 fully saturated rings. The van der Waals surface area contributed by atoms with E-state index in [-0.39, 0.29) is 12.1 Å². The average Bonchev–Trinajstić information content (AvgIpc) is 3.32. The maximum Gasteiger partial charge on any atom is 0.303 e. The van der Waals surface area contributed by atoms with E-state index in [2.05, 4.69) is 17.2 Å². The number of amides is 1. The molecule has 1 unspecified atom stereocenters. The highest BCUT2D eigenvalue weighted by atomic mass is 35.5. The zero-order valence-electron chi connectivity index (χ0n) is 15.5. The van der Waals surface area contributed by atoms with Gasteiger partial charge in [0.05, 0.1) is 12.0 Å². The molecular formula is C22H21ClN3O2+. The Labute approximate surface area is 168 Å². The molecule has 1 saturated heterocycles. The van der Waals surface area contributed by atoms with Gasteiger partial charge in [0.1, 0.15) is 6.54 Å². The minimum absolute atomic E-state index is 0.0272. The minimum Gasteiger partial charge on any atom is -0.461 e. The molecule has 5 nitrogen and oxygen atoms in total. The third-order valence-electron chi connectivity index (χ3n) is 4.87. The van der Waals surface area contributed by atoms with Gasteiger partial charge in [-0.2, -0.15) is 10.1 Å². The van der Waals surface area contributed by atoms with Crippen molar-refractivity contribution in [3.8, 4) is 0 Å². The number of quaternary nitrogens is 1. The number of rotatable bonds is 5. The van der Waals surface area contributed by atoms with Crippen LogP contribution in [0.1, 0.15) is 30.0 Å². The minimum atomic E-state index is -0.301. The van der Waals surface area contributed by atoms with Crippen LogP contribution in [0.3, 0.4) is 0 Å². The van der Waals surface area contributed by atoms with E-state index < -0.39 is 0 Å². The van der Waals surface area contributed by atoms with Crippen molar-refractivity contribution in [1.82, 2.24) is 5.01 Å². The van der Waals surface area contributed by atoms with Crippen molar-refractivity contribution in [2.45, 2.75) is 19.6 Å². The lowest BCUT2D eigenvalue weighted by atomic mass is 10.1. The van der Waals surface area contributed by atoms with E-state index in [0.29, 0.717) is 18.1 Å². The maximum atomic E-state index is 12.8. The Morgan fingerprint density at radius 2 is 1.89 bits per heavy atom. The van der Waals surface area contributed by atoms with E-state index in [1.54, 1.807) is 11.3 Å². The second-order valence-corrected chi connectivity index (χ2v) is 7.28. The summed E-state index contributed by atoms with van der Waals surface area (Å²) in [6, 6.07) is 21.3. The number of benzene rings is 2. The summed E-state index contributed by atoms with van der Waals surface area (Å²) in [7, 11) is 0. The van der Waals surface area contributed by atoms with Crippen LogP contribution >= 0.6 is 11.6 Å². The Morgan fingerprint density at radius 1 is 1.14 bits per heavy atom. The number of nitrogens with one attached hydrogen (secondary N) is 1. The molecule has 2 aromatic carbocycles. The molecule has 0 bridgehead atoms. The molecule has 142 valence electrons. The Balaban J connectivity index is 1.66. The van der Waals surface area contributed by atoms with Crippen molar-refractivity contribution in [2.75, 3.05) is 6.54 Å². The first-order chi connectivity index (χ1) is 13.6. The Morgan fingerprint density at radius 3 is 2.57 bits per heavy atom. The van der Waals surface area contributed by atoms with Gasteiger partial charge in [0.25, 0.3) is 0 Å². The molecule has 1 N–H and O–H groups in total. The molecular weight excluding hydrogens is 374 g/mol. The van der Waals surface area contributed by atoms with Gasteiger partial charge >= 0.3 is 5.91 Å². The van der Waals surface area contributed by atoms with Crippen molar-refractivity contribution in [3.05, 3.63) is 94.9 Å². The zero-order chi connectivity index (χ0) is 19.5. The molecule has 2 heterocycles. The van der Waals surface area contributed by atoms with Crippen molar-refractivity contribution >= 4 is 23.2 Å². The van der Waals surface area contributed by atoms with E-state index in [1.807, 2.05) is 61.5 Å². The molecule has 0 aliphatic carbocycles. The second-order valence-electron chi connectivity index (χ2n) is 6.85. The topological polar surface area (TPSA) is 50.2 Å². The van der Waals surface area contributed by atoms with Crippen LogP contribution in [-0.2, 0) is 11.3 Å². The molecule has 28 heavy (non-hydrogen) atoms. The molecule has 2 atom stereocenters. The first kappa shape index (κ1) is 18.5. The number of carbonyl (C=O) groups is 1. The van der Waals surface area contributed by atoms with Crippen LogP contribution in [0.15, 0.2) is 82.5 Å². The lowest BCUT2D eigenvalue weighted by Gasteiger charge is -2.22. The number of hydrazone groups is 1. The fourth-order valence-corrected chi connectivity index (χ4v) is 3.62. The molecule has 1 aliphatic rings. The maximum absolute atomic E-state index is 12.8. The molecule has 0 radical (unpaired) electrons. The summed E-state index contributed by atoms with van der Waals surface area (Å²) in [6.45, 7) is 2.96. The number of nitrogens with zero attached hydrogens (tertiary/aromatic N) is 2. The Kier molecular flexibility index (Phi) is 5.28. The fourth-order valence-electron chi connectivity index (χ4n) is 3.50. The van der Waals surface area contributed by atoms with Crippen LogP contribution in [0.5, 0.6) is 0 Å². The number of furan rings is 1. The highest BCUT2D eigenvalue weighted by Gasteiger charge is 2.45. The molecule has 0 spiro atoms. The Hall–Kier alpha value is -2.89. The van der Waals surface area contributed by atoms with Gasteiger partial charge in [-0.1, -0.05) is 54.1 Å². The lowest BCUT2D eigenvalue weighted by molar-refractivity contribution is -0.937. The van der Waals surface area contributed by atoms with Crippen molar-refractivity contribution in [2.24, 2.45) is 5.10 Å². The quantitative estimate of drug-likeness (QED) is 0.675. The third-order valence-corrected chi connectivity index (χ3v) is 5.12. The van der Waals surface area contributed by atoms with Crippen molar-refractivity contribution < 1.29 is 14.1 Å². The SMILES string of the molecule is C/C(=N/N1C(=O)C[NH+](Cc2ccccc2)[C@@H]1c1ccco1)c1ccc(Cl)cc1.